The van der Waals surface area contributed by atoms with Crippen LogP contribution in [-0.4, -0.2) is 38.6 Å². The third-order valence-electron chi connectivity index (χ3n) is 3.87. The summed E-state index contributed by atoms with van der Waals surface area (Å²) in [7, 11) is 0. The second-order valence-electron chi connectivity index (χ2n) is 5.88. The summed E-state index contributed by atoms with van der Waals surface area (Å²) in [6.45, 7) is 2.74. The molecule has 1 aromatic carbocycles. The third-order valence-corrected chi connectivity index (χ3v) is 4.16. The van der Waals surface area contributed by atoms with Crippen LogP contribution in [0.4, 0.5) is 4.39 Å². The minimum absolute atomic E-state index is 0.141. The highest BCUT2D eigenvalue weighted by Gasteiger charge is 2.19. The number of aryl methyl sites for hydroxylation is 1. The van der Waals surface area contributed by atoms with E-state index in [0.717, 1.165) is 0 Å². The predicted molar refractivity (Wildman–Crippen MR) is 99.7 cm³/mol. The van der Waals surface area contributed by atoms with E-state index in [-0.39, 0.29) is 34.6 Å². The molecule has 1 atom stereocenters. The Morgan fingerprint density at radius 3 is 3.04 bits per heavy atom. The van der Waals surface area contributed by atoms with Gasteiger partial charge in [-0.3, -0.25) is 9.48 Å². The van der Waals surface area contributed by atoms with E-state index in [1.54, 1.807) is 30.1 Å². The fourth-order valence-electron chi connectivity index (χ4n) is 2.45. The molecule has 1 amide bonds. The van der Waals surface area contributed by atoms with Crippen LogP contribution < -0.4 is 10.1 Å². The summed E-state index contributed by atoms with van der Waals surface area (Å²) in [6.07, 6.45) is 3.71. The number of alkyl halides is 1. The first kappa shape index (κ1) is 19.8. The molecule has 2 heterocycles. The van der Waals surface area contributed by atoms with Crippen LogP contribution in [0.2, 0.25) is 5.02 Å². The van der Waals surface area contributed by atoms with Crippen molar-refractivity contribution in [3.63, 3.8) is 0 Å². The molecule has 10 heteroatoms. The van der Waals surface area contributed by atoms with Gasteiger partial charge in [0.2, 0.25) is 6.36 Å². The predicted octanol–water partition coefficient (Wildman–Crippen LogP) is 3.49. The highest BCUT2D eigenvalue weighted by atomic mass is 35.5. The van der Waals surface area contributed by atoms with Crippen LogP contribution in [0.1, 0.15) is 30.3 Å². The molecule has 0 aliphatic carbocycles. The zero-order valence-corrected chi connectivity index (χ0v) is 15.9. The van der Waals surface area contributed by atoms with Crippen molar-refractivity contribution in [2.75, 3.05) is 6.54 Å². The van der Waals surface area contributed by atoms with E-state index < -0.39 is 6.36 Å². The quantitative estimate of drug-likeness (QED) is 0.546. The number of halogens is 2. The molecule has 1 unspecified atom stereocenters. The highest BCUT2D eigenvalue weighted by Crippen LogP contribution is 2.32. The van der Waals surface area contributed by atoms with Crippen LogP contribution in [-0.2, 0) is 6.54 Å². The molecule has 0 radical (unpaired) electrons. The molecule has 1 N–H and O–H groups in total. The number of nitrogens with one attached hydrogen (secondary N) is 1. The number of carbonyl (C=O) groups excluding carboxylic acids is 1. The van der Waals surface area contributed by atoms with Crippen molar-refractivity contribution >= 4 is 17.5 Å². The number of amides is 1. The average Bonchev–Trinajstić information content (AvgIpc) is 3.38. The number of ether oxygens (including phenoxy) is 1. The van der Waals surface area contributed by atoms with Crippen molar-refractivity contribution in [1.82, 2.24) is 25.1 Å². The fourth-order valence-corrected chi connectivity index (χ4v) is 2.67. The van der Waals surface area contributed by atoms with Gasteiger partial charge in [0.15, 0.2) is 17.8 Å². The number of nitrogens with zero attached hydrogens (tertiary/aromatic N) is 4. The van der Waals surface area contributed by atoms with Gasteiger partial charge >= 0.3 is 0 Å². The van der Waals surface area contributed by atoms with Gasteiger partial charge in [-0.25, -0.2) is 14.4 Å². The summed E-state index contributed by atoms with van der Waals surface area (Å²) in [4.78, 5) is 20.3. The molecule has 0 aliphatic rings. The minimum atomic E-state index is -1.44. The first-order valence-electron chi connectivity index (χ1n) is 8.73. The molecule has 3 rings (SSSR count). The Kier molecular flexibility index (Phi) is 6.59. The van der Waals surface area contributed by atoms with Crippen LogP contribution in [0.3, 0.4) is 0 Å². The van der Waals surface area contributed by atoms with Crippen molar-refractivity contribution in [1.29, 1.82) is 0 Å². The Bertz CT molecular complexity index is 916. The molecule has 3 aromatic rings. The summed E-state index contributed by atoms with van der Waals surface area (Å²) in [5, 5.41) is 6.99. The summed E-state index contributed by atoms with van der Waals surface area (Å²) in [5.41, 5.74) is 0.678. The van der Waals surface area contributed by atoms with Gasteiger partial charge in [0, 0.05) is 25.1 Å². The SMILES string of the molecule is CCC([18F])Oc1ccc(-c2ocnc2C(=O)NCCCn2cncn2)cc1Cl. The molecule has 0 spiro atoms. The lowest BCUT2D eigenvalue weighted by Crippen LogP contribution is -2.26. The van der Waals surface area contributed by atoms with Gasteiger partial charge in [-0.05, 0) is 24.6 Å². The lowest BCUT2D eigenvalue weighted by Gasteiger charge is -2.11. The van der Waals surface area contributed by atoms with Gasteiger partial charge in [0.25, 0.3) is 5.91 Å². The molecule has 0 fully saturated rings. The lowest BCUT2D eigenvalue weighted by molar-refractivity contribution is 0.0643. The van der Waals surface area contributed by atoms with E-state index >= 15 is 0 Å². The van der Waals surface area contributed by atoms with Gasteiger partial charge in [0.05, 0.1) is 5.02 Å². The number of aromatic nitrogens is 4. The van der Waals surface area contributed by atoms with Crippen LogP contribution >= 0.6 is 11.6 Å². The zero-order valence-electron chi connectivity index (χ0n) is 15.1. The summed E-state index contributed by atoms with van der Waals surface area (Å²) in [6, 6.07) is 4.70. The number of carbonyl (C=O) groups is 1. The van der Waals surface area contributed by atoms with Crippen molar-refractivity contribution in [3.8, 4) is 17.1 Å². The van der Waals surface area contributed by atoms with E-state index in [9.17, 15) is 9.18 Å². The molecule has 28 heavy (non-hydrogen) atoms. The number of oxazole rings is 1. The van der Waals surface area contributed by atoms with E-state index in [1.807, 2.05) is 0 Å². The summed E-state index contributed by atoms with van der Waals surface area (Å²) < 4.78 is 25.6. The third kappa shape index (κ3) is 4.86. The number of hydrogen-bond donors (Lipinski definition) is 1. The first-order valence-corrected chi connectivity index (χ1v) is 9.11. The van der Waals surface area contributed by atoms with E-state index in [2.05, 4.69) is 20.4 Å². The monoisotopic (exact) mass is 406 g/mol. The Morgan fingerprint density at radius 2 is 2.32 bits per heavy atom. The van der Waals surface area contributed by atoms with Crippen LogP contribution in [0.5, 0.6) is 5.75 Å². The molecule has 0 bridgehead atoms. The second kappa shape index (κ2) is 9.32. The molecular formula is C18H19ClFN5O3. The van der Waals surface area contributed by atoms with E-state index in [0.29, 0.717) is 25.1 Å². The number of rotatable bonds is 9. The standard InChI is InChI=1S/C18H19ClFN5O3/c1-2-15(20)28-14-5-4-12(8-13(14)19)17-16(23-11-27-17)18(26)22-6-3-7-25-10-21-9-24-25/h4-5,8-11,15H,2-3,6-7H2,1H3,(H,22,26)/i20-1. The van der Waals surface area contributed by atoms with Crippen molar-refractivity contribution < 1.29 is 18.3 Å². The molecule has 0 saturated carbocycles. The molecule has 8 nitrogen and oxygen atoms in total. The molecular weight excluding hydrogens is 388 g/mol. The van der Waals surface area contributed by atoms with Gasteiger partial charge in [0.1, 0.15) is 18.4 Å². The van der Waals surface area contributed by atoms with E-state index in [1.165, 1.54) is 18.8 Å². The normalized spacial score (nSPS) is 12.0. The maximum Gasteiger partial charge on any atom is 0.273 e. The van der Waals surface area contributed by atoms with E-state index in [4.69, 9.17) is 20.8 Å². The van der Waals surface area contributed by atoms with Crippen molar-refractivity contribution in [2.24, 2.45) is 0 Å². The topological polar surface area (TPSA) is 95.1 Å². The minimum Gasteiger partial charge on any atom is -0.459 e. The number of hydrogen-bond acceptors (Lipinski definition) is 6. The second-order valence-corrected chi connectivity index (χ2v) is 6.29. The van der Waals surface area contributed by atoms with Crippen LogP contribution in [0, 0.1) is 0 Å². The zero-order chi connectivity index (χ0) is 19.9. The molecule has 148 valence electrons. The molecule has 2 aromatic heterocycles. The van der Waals surface area contributed by atoms with Gasteiger partial charge in [-0.15, -0.1) is 0 Å². The first-order chi connectivity index (χ1) is 13.6. The molecule has 0 saturated heterocycles. The fraction of sp³-hybridized carbons (Fsp3) is 0.333. The Morgan fingerprint density at radius 1 is 1.46 bits per heavy atom. The van der Waals surface area contributed by atoms with Gasteiger partial charge in [-0.2, -0.15) is 5.10 Å². The van der Waals surface area contributed by atoms with Crippen LogP contribution in [0.25, 0.3) is 11.3 Å². The Labute approximate surface area is 165 Å². The number of benzene rings is 1. The smallest absolute Gasteiger partial charge is 0.273 e. The lowest BCUT2D eigenvalue weighted by atomic mass is 10.1. The largest absolute Gasteiger partial charge is 0.459 e. The maximum absolute atomic E-state index is 13.4. The molecule has 0 aliphatic heterocycles. The van der Waals surface area contributed by atoms with Crippen molar-refractivity contribution in [2.45, 2.75) is 32.7 Å². The summed E-state index contributed by atoms with van der Waals surface area (Å²) >= 11 is 6.16. The Balaban J connectivity index is 1.64. The average molecular weight is 407 g/mol. The Hall–Kier alpha value is -2.94. The maximum atomic E-state index is 13.4. The van der Waals surface area contributed by atoms with Gasteiger partial charge < -0.3 is 14.5 Å². The highest BCUT2D eigenvalue weighted by molar-refractivity contribution is 6.32. The summed E-state index contributed by atoms with van der Waals surface area (Å²) in [5.74, 6) is 0.126. The van der Waals surface area contributed by atoms with Crippen molar-refractivity contribution in [3.05, 3.63) is 48.0 Å². The van der Waals surface area contributed by atoms with Gasteiger partial charge in [-0.1, -0.05) is 18.5 Å². The van der Waals surface area contributed by atoms with Crippen LogP contribution in [0.15, 0.2) is 41.7 Å².